The molecule has 0 aromatic carbocycles. The lowest BCUT2D eigenvalue weighted by Gasteiger charge is -2.08. The average Bonchev–Trinajstić information content (AvgIpc) is 2.37. The Morgan fingerprint density at radius 3 is 3.00 bits per heavy atom. The van der Waals surface area contributed by atoms with Crippen molar-refractivity contribution in [3.63, 3.8) is 0 Å². The molecule has 52 valence electrons. The molecule has 0 saturated carbocycles. The van der Waals surface area contributed by atoms with Gasteiger partial charge in [-0.2, -0.15) is 0 Å². The van der Waals surface area contributed by atoms with E-state index in [9.17, 15) is 0 Å². The zero-order valence-corrected chi connectivity index (χ0v) is 5.85. The fourth-order valence-corrected chi connectivity index (χ4v) is 0.737. The highest BCUT2D eigenvalue weighted by Gasteiger charge is 2.12. The van der Waals surface area contributed by atoms with Gasteiger partial charge in [0.05, 0.1) is 12.6 Å². The number of hydrogen-bond acceptors (Lipinski definition) is 3. The summed E-state index contributed by atoms with van der Waals surface area (Å²) in [6.45, 7) is 3.60. The Labute approximate surface area is 55.1 Å². The third-order valence-electron chi connectivity index (χ3n) is 1.41. The summed E-state index contributed by atoms with van der Waals surface area (Å²) in [5.74, 6) is 0.845. The van der Waals surface area contributed by atoms with Gasteiger partial charge in [0, 0.05) is 0 Å². The van der Waals surface area contributed by atoms with Crippen molar-refractivity contribution < 1.29 is 4.74 Å². The van der Waals surface area contributed by atoms with E-state index in [1.807, 2.05) is 14.0 Å². The van der Waals surface area contributed by atoms with Crippen LogP contribution in [0.4, 0.5) is 0 Å². The number of ether oxygens (including phenoxy) is 1. The molecule has 1 atom stereocenters. The molecule has 0 bridgehead atoms. The van der Waals surface area contributed by atoms with Crippen LogP contribution in [-0.4, -0.2) is 32.1 Å². The monoisotopic (exact) mass is 128 g/mol. The Morgan fingerprint density at radius 2 is 2.56 bits per heavy atom. The SMILES string of the molecule is CNC(C)C1=NCCO1. The molecule has 0 spiro atoms. The van der Waals surface area contributed by atoms with Crippen molar-refractivity contribution >= 4 is 5.90 Å². The van der Waals surface area contributed by atoms with E-state index in [4.69, 9.17) is 4.74 Å². The molecule has 0 fully saturated rings. The number of aliphatic imine (C=N–C) groups is 1. The molecule has 0 saturated heterocycles. The van der Waals surface area contributed by atoms with Crippen molar-refractivity contribution in [3.05, 3.63) is 0 Å². The molecular weight excluding hydrogens is 116 g/mol. The third-order valence-corrected chi connectivity index (χ3v) is 1.41. The lowest BCUT2D eigenvalue weighted by molar-refractivity contribution is 0.330. The van der Waals surface area contributed by atoms with E-state index >= 15 is 0 Å². The molecular formula is C6H12N2O. The summed E-state index contributed by atoms with van der Waals surface area (Å²) in [6.07, 6.45) is 0. The zero-order valence-electron chi connectivity index (χ0n) is 5.85. The third kappa shape index (κ3) is 1.42. The maximum Gasteiger partial charge on any atom is 0.200 e. The van der Waals surface area contributed by atoms with Gasteiger partial charge < -0.3 is 10.1 Å². The summed E-state index contributed by atoms with van der Waals surface area (Å²) in [6, 6.07) is 0.271. The summed E-state index contributed by atoms with van der Waals surface area (Å²) in [5, 5.41) is 3.05. The molecule has 0 aromatic rings. The highest BCUT2D eigenvalue weighted by molar-refractivity contribution is 5.82. The van der Waals surface area contributed by atoms with Crippen LogP contribution in [0.2, 0.25) is 0 Å². The van der Waals surface area contributed by atoms with E-state index in [1.165, 1.54) is 0 Å². The highest BCUT2D eigenvalue weighted by Crippen LogP contribution is 1.97. The van der Waals surface area contributed by atoms with Crippen LogP contribution in [0, 0.1) is 0 Å². The van der Waals surface area contributed by atoms with Gasteiger partial charge in [0.25, 0.3) is 0 Å². The van der Waals surface area contributed by atoms with E-state index in [2.05, 4.69) is 10.3 Å². The molecule has 3 heteroatoms. The average molecular weight is 128 g/mol. The van der Waals surface area contributed by atoms with E-state index in [-0.39, 0.29) is 6.04 Å². The van der Waals surface area contributed by atoms with Crippen molar-refractivity contribution in [2.45, 2.75) is 13.0 Å². The minimum Gasteiger partial charge on any atom is -0.478 e. The fraction of sp³-hybridized carbons (Fsp3) is 0.833. The molecule has 1 rings (SSSR count). The number of rotatable bonds is 2. The fourth-order valence-electron chi connectivity index (χ4n) is 0.737. The smallest absolute Gasteiger partial charge is 0.200 e. The second-order valence-corrected chi connectivity index (χ2v) is 2.08. The Hall–Kier alpha value is -0.570. The van der Waals surface area contributed by atoms with Crippen molar-refractivity contribution in [2.75, 3.05) is 20.2 Å². The molecule has 1 aliphatic rings. The molecule has 1 unspecified atom stereocenters. The quantitative estimate of drug-likeness (QED) is 0.569. The summed E-state index contributed by atoms with van der Waals surface area (Å²) in [4.78, 5) is 4.14. The second kappa shape index (κ2) is 2.82. The normalized spacial score (nSPS) is 20.9. The summed E-state index contributed by atoms with van der Waals surface area (Å²) in [7, 11) is 1.90. The zero-order chi connectivity index (χ0) is 6.69. The van der Waals surface area contributed by atoms with E-state index < -0.39 is 0 Å². The molecule has 1 aliphatic heterocycles. The van der Waals surface area contributed by atoms with Crippen molar-refractivity contribution in [1.82, 2.24) is 5.32 Å². The molecule has 3 nitrogen and oxygen atoms in total. The van der Waals surface area contributed by atoms with Crippen molar-refractivity contribution in [3.8, 4) is 0 Å². The van der Waals surface area contributed by atoms with Crippen LogP contribution < -0.4 is 5.32 Å². The lowest BCUT2D eigenvalue weighted by Crippen LogP contribution is -2.30. The van der Waals surface area contributed by atoms with Crippen LogP contribution in [0.3, 0.4) is 0 Å². The predicted molar refractivity (Wildman–Crippen MR) is 36.8 cm³/mol. The molecule has 0 aromatic heterocycles. The molecule has 1 N–H and O–H groups in total. The van der Waals surface area contributed by atoms with Gasteiger partial charge in [0.1, 0.15) is 6.61 Å². The second-order valence-electron chi connectivity index (χ2n) is 2.08. The summed E-state index contributed by atoms with van der Waals surface area (Å²) < 4.78 is 5.19. The number of hydrogen-bond donors (Lipinski definition) is 1. The van der Waals surface area contributed by atoms with Crippen molar-refractivity contribution in [1.29, 1.82) is 0 Å². The minimum atomic E-state index is 0.271. The van der Waals surface area contributed by atoms with E-state index in [0.29, 0.717) is 0 Å². The van der Waals surface area contributed by atoms with Crippen LogP contribution in [-0.2, 0) is 4.74 Å². The Balaban J connectivity index is 2.40. The van der Waals surface area contributed by atoms with Gasteiger partial charge in [-0.1, -0.05) is 0 Å². The first-order valence-corrected chi connectivity index (χ1v) is 3.19. The topological polar surface area (TPSA) is 33.6 Å². The van der Waals surface area contributed by atoms with Gasteiger partial charge in [-0.15, -0.1) is 0 Å². The number of likely N-dealkylation sites (N-methyl/N-ethyl adjacent to an activating group) is 1. The standard InChI is InChI=1S/C6H12N2O/c1-5(7-2)6-8-3-4-9-6/h5,7H,3-4H2,1-2H3. The first-order valence-electron chi connectivity index (χ1n) is 3.19. The summed E-state index contributed by atoms with van der Waals surface area (Å²) in [5.41, 5.74) is 0. The van der Waals surface area contributed by atoms with Gasteiger partial charge in [0.2, 0.25) is 5.90 Å². The van der Waals surface area contributed by atoms with Crippen LogP contribution in [0.5, 0.6) is 0 Å². The van der Waals surface area contributed by atoms with Crippen LogP contribution in [0.15, 0.2) is 4.99 Å². The first-order chi connectivity index (χ1) is 4.34. The van der Waals surface area contributed by atoms with Crippen LogP contribution in [0.1, 0.15) is 6.92 Å². The van der Waals surface area contributed by atoms with Gasteiger partial charge >= 0.3 is 0 Å². The van der Waals surface area contributed by atoms with Crippen molar-refractivity contribution in [2.24, 2.45) is 4.99 Å². The van der Waals surface area contributed by atoms with E-state index in [0.717, 1.165) is 19.0 Å². The molecule has 0 radical (unpaired) electrons. The van der Waals surface area contributed by atoms with Gasteiger partial charge in [-0.05, 0) is 14.0 Å². The molecule has 0 amide bonds. The Kier molecular flexibility index (Phi) is 2.05. The Morgan fingerprint density at radius 1 is 1.78 bits per heavy atom. The molecule has 9 heavy (non-hydrogen) atoms. The van der Waals surface area contributed by atoms with Gasteiger partial charge in [-0.25, -0.2) is 0 Å². The van der Waals surface area contributed by atoms with Crippen LogP contribution >= 0.6 is 0 Å². The van der Waals surface area contributed by atoms with Gasteiger partial charge in [-0.3, -0.25) is 4.99 Å². The first kappa shape index (κ1) is 6.55. The summed E-state index contributed by atoms with van der Waals surface area (Å²) >= 11 is 0. The maximum absolute atomic E-state index is 5.19. The highest BCUT2D eigenvalue weighted by atomic mass is 16.5. The molecule has 1 heterocycles. The van der Waals surface area contributed by atoms with Gasteiger partial charge in [0.15, 0.2) is 0 Å². The Bertz CT molecular complexity index is 122. The number of nitrogens with zero attached hydrogens (tertiary/aromatic N) is 1. The van der Waals surface area contributed by atoms with Crippen LogP contribution in [0.25, 0.3) is 0 Å². The minimum absolute atomic E-state index is 0.271. The number of nitrogens with one attached hydrogen (secondary N) is 1. The van der Waals surface area contributed by atoms with E-state index in [1.54, 1.807) is 0 Å². The molecule has 0 aliphatic carbocycles. The maximum atomic E-state index is 5.19. The largest absolute Gasteiger partial charge is 0.478 e. The predicted octanol–water partition coefficient (Wildman–Crippen LogP) is 0.0230. The lowest BCUT2D eigenvalue weighted by atomic mass is 10.3.